The molecule has 2 N–H and O–H groups in total. The summed E-state index contributed by atoms with van der Waals surface area (Å²) in [6.07, 6.45) is -0.336. The molecule has 1 heterocycles. The van der Waals surface area contributed by atoms with Gasteiger partial charge in [0.15, 0.2) is 0 Å². The van der Waals surface area contributed by atoms with Crippen molar-refractivity contribution in [3.05, 3.63) is 29.8 Å². The molecule has 0 radical (unpaired) electrons. The highest BCUT2D eigenvalue weighted by Gasteiger charge is 2.24. The fraction of sp³-hybridized carbons (Fsp3) is 0.357. The average Bonchev–Trinajstić information content (AvgIpc) is 2.84. The average molecular weight is 343 g/mol. The molecule has 2 aromatic rings. The number of aliphatic carboxylic acids is 1. The van der Waals surface area contributed by atoms with Crippen molar-refractivity contribution in [1.29, 1.82) is 0 Å². The standard InChI is InChI=1S/C14H17NO5S2/c1-9-4-3-5-10-6-13(21-14(9)10)22(18,19)15-11(8-20-2)7-12(16)17/h3-6,11,15H,7-8H2,1-2H3,(H,16,17)/t11-/m1/s1. The fourth-order valence-corrected chi connectivity index (χ4v) is 4.82. The van der Waals surface area contributed by atoms with Crippen LogP contribution in [-0.2, 0) is 19.6 Å². The van der Waals surface area contributed by atoms with E-state index in [2.05, 4.69) is 4.72 Å². The minimum Gasteiger partial charge on any atom is -0.481 e. The van der Waals surface area contributed by atoms with E-state index in [1.54, 1.807) is 6.07 Å². The Hall–Kier alpha value is -1.48. The summed E-state index contributed by atoms with van der Waals surface area (Å²) >= 11 is 1.17. The highest BCUT2D eigenvalue weighted by molar-refractivity contribution is 7.91. The van der Waals surface area contributed by atoms with Gasteiger partial charge < -0.3 is 9.84 Å². The van der Waals surface area contributed by atoms with Crippen LogP contribution in [0.4, 0.5) is 0 Å². The van der Waals surface area contributed by atoms with Gasteiger partial charge in [-0.15, -0.1) is 11.3 Å². The SMILES string of the molecule is COC[C@@H](CC(=O)O)NS(=O)(=O)c1cc2cccc(C)c2s1. The van der Waals surface area contributed by atoms with E-state index in [1.807, 2.05) is 25.1 Å². The van der Waals surface area contributed by atoms with Crippen molar-refractivity contribution in [2.45, 2.75) is 23.6 Å². The zero-order chi connectivity index (χ0) is 16.3. The molecule has 120 valence electrons. The lowest BCUT2D eigenvalue weighted by atomic mass is 10.2. The molecule has 0 aliphatic rings. The lowest BCUT2D eigenvalue weighted by molar-refractivity contribution is -0.137. The first-order valence-corrected chi connectivity index (χ1v) is 8.85. The maximum absolute atomic E-state index is 12.4. The second-order valence-corrected chi connectivity index (χ2v) is 7.92. The van der Waals surface area contributed by atoms with E-state index >= 15 is 0 Å². The Balaban J connectivity index is 2.31. The number of carboxylic acids is 1. The van der Waals surface area contributed by atoms with Gasteiger partial charge in [0.2, 0.25) is 10.0 Å². The smallest absolute Gasteiger partial charge is 0.305 e. The maximum atomic E-state index is 12.4. The van der Waals surface area contributed by atoms with Crippen LogP contribution in [0.3, 0.4) is 0 Å². The van der Waals surface area contributed by atoms with Crippen LogP contribution in [0.15, 0.2) is 28.5 Å². The van der Waals surface area contributed by atoms with Crippen LogP contribution in [-0.4, -0.2) is 39.3 Å². The van der Waals surface area contributed by atoms with Gasteiger partial charge in [0.05, 0.1) is 19.1 Å². The van der Waals surface area contributed by atoms with Crippen LogP contribution in [0.5, 0.6) is 0 Å². The maximum Gasteiger partial charge on any atom is 0.305 e. The Kier molecular flexibility index (Phi) is 5.17. The van der Waals surface area contributed by atoms with Crippen molar-refractivity contribution < 1.29 is 23.1 Å². The third-order valence-corrected chi connectivity index (χ3v) is 6.37. The summed E-state index contributed by atoms with van der Waals surface area (Å²) in [6.45, 7) is 1.91. The van der Waals surface area contributed by atoms with Gasteiger partial charge in [-0.05, 0) is 23.9 Å². The summed E-state index contributed by atoms with van der Waals surface area (Å²) in [7, 11) is -2.39. The zero-order valence-corrected chi connectivity index (χ0v) is 13.8. The molecular weight excluding hydrogens is 326 g/mol. The zero-order valence-electron chi connectivity index (χ0n) is 12.2. The van der Waals surface area contributed by atoms with E-state index in [0.29, 0.717) is 0 Å². The number of fused-ring (bicyclic) bond motifs is 1. The Morgan fingerprint density at radius 1 is 1.45 bits per heavy atom. The predicted molar refractivity (Wildman–Crippen MR) is 84.8 cm³/mol. The molecule has 0 unspecified atom stereocenters. The number of benzene rings is 1. The van der Waals surface area contributed by atoms with E-state index in [0.717, 1.165) is 15.6 Å². The first-order chi connectivity index (χ1) is 10.3. The number of rotatable bonds is 7. The largest absolute Gasteiger partial charge is 0.481 e. The van der Waals surface area contributed by atoms with Gasteiger partial charge in [-0.3, -0.25) is 4.79 Å². The van der Waals surface area contributed by atoms with Crippen LogP contribution in [0.1, 0.15) is 12.0 Å². The van der Waals surface area contributed by atoms with Crippen LogP contribution in [0, 0.1) is 6.92 Å². The number of carboxylic acid groups (broad SMARTS) is 1. The van der Waals surface area contributed by atoms with Gasteiger partial charge >= 0.3 is 5.97 Å². The molecule has 0 aliphatic heterocycles. The van der Waals surface area contributed by atoms with Gasteiger partial charge in [-0.25, -0.2) is 13.1 Å². The minimum absolute atomic E-state index is 0.00451. The Morgan fingerprint density at radius 2 is 2.18 bits per heavy atom. The van der Waals surface area contributed by atoms with Gasteiger partial charge in [-0.2, -0.15) is 0 Å². The van der Waals surface area contributed by atoms with E-state index in [4.69, 9.17) is 9.84 Å². The number of methoxy groups -OCH3 is 1. The number of thiophene rings is 1. The van der Waals surface area contributed by atoms with Crippen molar-refractivity contribution in [1.82, 2.24) is 4.72 Å². The van der Waals surface area contributed by atoms with Crippen LogP contribution in [0.2, 0.25) is 0 Å². The second kappa shape index (κ2) is 6.74. The lowest BCUT2D eigenvalue weighted by Crippen LogP contribution is -2.39. The second-order valence-electron chi connectivity index (χ2n) is 4.93. The molecular formula is C14H17NO5S2. The van der Waals surface area contributed by atoms with Crippen molar-refractivity contribution in [3.63, 3.8) is 0 Å². The summed E-state index contributed by atoms with van der Waals surface area (Å²) < 4.78 is 33.2. The number of aryl methyl sites for hydroxylation is 1. The van der Waals surface area contributed by atoms with Crippen molar-refractivity contribution in [2.24, 2.45) is 0 Å². The van der Waals surface area contributed by atoms with Crippen LogP contribution < -0.4 is 4.72 Å². The summed E-state index contributed by atoms with van der Waals surface area (Å²) in [5.74, 6) is -1.09. The molecule has 22 heavy (non-hydrogen) atoms. The number of ether oxygens (including phenoxy) is 1. The minimum atomic E-state index is -3.78. The number of hydrogen-bond donors (Lipinski definition) is 2. The first kappa shape index (κ1) is 16.9. The van der Waals surface area contributed by atoms with E-state index in [-0.39, 0.29) is 17.2 Å². The first-order valence-electron chi connectivity index (χ1n) is 6.55. The van der Waals surface area contributed by atoms with Crippen molar-refractivity contribution >= 4 is 37.4 Å². The van der Waals surface area contributed by atoms with Crippen molar-refractivity contribution in [3.8, 4) is 0 Å². The molecule has 0 bridgehead atoms. The quantitative estimate of drug-likeness (QED) is 0.802. The van der Waals surface area contributed by atoms with Gasteiger partial charge in [0, 0.05) is 11.8 Å². The fourth-order valence-electron chi connectivity index (χ4n) is 2.14. The third-order valence-electron chi connectivity index (χ3n) is 3.09. The molecule has 1 atom stereocenters. The van der Waals surface area contributed by atoms with Gasteiger partial charge in [0.1, 0.15) is 4.21 Å². The third kappa shape index (κ3) is 3.83. The molecule has 8 heteroatoms. The highest BCUT2D eigenvalue weighted by Crippen LogP contribution is 2.31. The lowest BCUT2D eigenvalue weighted by Gasteiger charge is -2.15. The Morgan fingerprint density at radius 3 is 2.77 bits per heavy atom. The summed E-state index contributed by atoms with van der Waals surface area (Å²) in [5.41, 5.74) is 1.00. The molecule has 1 aromatic carbocycles. The number of carbonyl (C=O) groups is 1. The van der Waals surface area contributed by atoms with Crippen LogP contribution in [0.25, 0.3) is 10.1 Å². The van der Waals surface area contributed by atoms with Gasteiger partial charge in [0.25, 0.3) is 0 Å². The topological polar surface area (TPSA) is 92.7 Å². The predicted octanol–water partition coefficient (Wildman–Crippen LogP) is 1.98. The molecule has 2 rings (SSSR count). The highest BCUT2D eigenvalue weighted by atomic mass is 32.2. The van der Waals surface area contributed by atoms with Gasteiger partial charge in [-0.1, -0.05) is 18.2 Å². The molecule has 6 nitrogen and oxygen atoms in total. The van der Waals surface area contributed by atoms with E-state index in [9.17, 15) is 13.2 Å². The number of nitrogens with one attached hydrogen (secondary N) is 1. The Labute approximate surface area is 132 Å². The van der Waals surface area contributed by atoms with E-state index < -0.39 is 22.0 Å². The van der Waals surface area contributed by atoms with Crippen molar-refractivity contribution in [2.75, 3.05) is 13.7 Å². The molecule has 0 fully saturated rings. The summed E-state index contributed by atoms with van der Waals surface area (Å²) in [5, 5.41) is 9.69. The summed E-state index contributed by atoms with van der Waals surface area (Å²) in [6, 6.07) is 6.42. The number of hydrogen-bond acceptors (Lipinski definition) is 5. The Bertz CT molecular complexity index is 782. The van der Waals surface area contributed by atoms with Crippen LogP contribution >= 0.6 is 11.3 Å². The molecule has 0 amide bonds. The summed E-state index contributed by atoms with van der Waals surface area (Å²) in [4.78, 5) is 10.8. The van der Waals surface area contributed by atoms with E-state index in [1.165, 1.54) is 18.4 Å². The number of sulfonamides is 1. The monoisotopic (exact) mass is 343 g/mol. The normalized spacial score (nSPS) is 13.4. The molecule has 0 saturated carbocycles. The molecule has 0 spiro atoms. The molecule has 0 aliphatic carbocycles. The molecule has 1 aromatic heterocycles. The molecule has 0 saturated heterocycles.